The molecular weight excluding hydrogens is 288 g/mol. The van der Waals surface area contributed by atoms with E-state index < -0.39 is 0 Å². The highest BCUT2D eigenvalue weighted by molar-refractivity contribution is 6.30. The van der Waals surface area contributed by atoms with Crippen molar-refractivity contribution in [2.75, 3.05) is 45.4 Å². The molecule has 0 radical (unpaired) electrons. The smallest absolute Gasteiger partial charge is 0.0637 e. The average molecular weight is 315 g/mol. The summed E-state index contributed by atoms with van der Waals surface area (Å²) in [4.78, 5) is 2.26. The Morgan fingerprint density at radius 2 is 1.76 bits per heavy atom. The predicted octanol–water partition coefficient (Wildman–Crippen LogP) is 2.94. The highest BCUT2D eigenvalue weighted by atomic mass is 35.5. The molecule has 0 unspecified atom stereocenters. The van der Waals surface area contributed by atoms with Gasteiger partial charge in [-0.1, -0.05) is 31.5 Å². The molecule has 0 saturated carbocycles. The first kappa shape index (κ1) is 18.2. The van der Waals surface area contributed by atoms with Crippen LogP contribution in [0.5, 0.6) is 0 Å². The van der Waals surface area contributed by atoms with Gasteiger partial charge in [-0.15, -0.1) is 0 Å². The van der Waals surface area contributed by atoms with Crippen LogP contribution in [0.3, 0.4) is 0 Å². The summed E-state index contributed by atoms with van der Waals surface area (Å²) in [5.74, 6) is 0. The number of methoxy groups -OCH3 is 2. The molecule has 0 bridgehead atoms. The number of hydrogen-bond acceptors (Lipinski definition) is 4. The molecule has 4 nitrogen and oxygen atoms in total. The number of benzene rings is 1. The third-order valence-electron chi connectivity index (χ3n) is 3.22. The van der Waals surface area contributed by atoms with Gasteiger partial charge in [0.1, 0.15) is 0 Å². The molecule has 0 aliphatic carbocycles. The predicted molar refractivity (Wildman–Crippen MR) is 89.4 cm³/mol. The lowest BCUT2D eigenvalue weighted by atomic mass is 10.1. The van der Waals surface area contributed by atoms with E-state index in [0.717, 1.165) is 30.3 Å². The summed E-state index contributed by atoms with van der Waals surface area (Å²) in [6, 6.07) is 6.48. The standard InChI is InChI=1S/C16H27ClN2O2/c1-13(2)18-12-14-5-6-15(17)11-16(14)19(7-9-20-3)8-10-21-4/h5-6,11,13,18H,7-10,12H2,1-4H3. The van der Waals surface area contributed by atoms with Crippen LogP contribution in [0.4, 0.5) is 5.69 Å². The van der Waals surface area contributed by atoms with E-state index in [2.05, 4.69) is 30.1 Å². The molecule has 21 heavy (non-hydrogen) atoms. The van der Waals surface area contributed by atoms with Gasteiger partial charge in [-0.25, -0.2) is 0 Å². The van der Waals surface area contributed by atoms with Crippen LogP contribution in [0.25, 0.3) is 0 Å². The van der Waals surface area contributed by atoms with Gasteiger partial charge in [-0.05, 0) is 17.7 Å². The highest BCUT2D eigenvalue weighted by Gasteiger charge is 2.12. The van der Waals surface area contributed by atoms with Crippen LogP contribution in [-0.2, 0) is 16.0 Å². The van der Waals surface area contributed by atoms with E-state index in [0.29, 0.717) is 19.3 Å². The Labute approximate surface area is 133 Å². The van der Waals surface area contributed by atoms with Crippen molar-refractivity contribution in [1.29, 1.82) is 0 Å². The van der Waals surface area contributed by atoms with Crippen LogP contribution >= 0.6 is 11.6 Å². The van der Waals surface area contributed by atoms with Crippen molar-refractivity contribution in [2.45, 2.75) is 26.4 Å². The fraction of sp³-hybridized carbons (Fsp3) is 0.625. The highest BCUT2D eigenvalue weighted by Crippen LogP contribution is 2.25. The van der Waals surface area contributed by atoms with E-state index in [1.807, 2.05) is 12.1 Å². The van der Waals surface area contributed by atoms with E-state index >= 15 is 0 Å². The fourth-order valence-electron chi connectivity index (χ4n) is 2.05. The zero-order valence-corrected chi connectivity index (χ0v) is 14.2. The first-order valence-corrected chi connectivity index (χ1v) is 7.71. The van der Waals surface area contributed by atoms with Crippen molar-refractivity contribution in [3.05, 3.63) is 28.8 Å². The van der Waals surface area contributed by atoms with E-state index in [4.69, 9.17) is 21.1 Å². The second-order valence-corrected chi connectivity index (χ2v) is 5.72. The molecule has 0 aliphatic rings. The first-order valence-electron chi connectivity index (χ1n) is 7.33. The van der Waals surface area contributed by atoms with Gasteiger partial charge in [0.15, 0.2) is 0 Å². The van der Waals surface area contributed by atoms with Crippen LogP contribution in [0.15, 0.2) is 18.2 Å². The zero-order chi connectivity index (χ0) is 15.7. The molecule has 1 aromatic carbocycles. The maximum absolute atomic E-state index is 6.18. The number of ether oxygens (including phenoxy) is 2. The molecule has 120 valence electrons. The minimum Gasteiger partial charge on any atom is -0.383 e. The Balaban J connectivity index is 2.93. The molecule has 0 amide bonds. The van der Waals surface area contributed by atoms with Crippen molar-refractivity contribution >= 4 is 17.3 Å². The molecule has 0 aromatic heterocycles. The van der Waals surface area contributed by atoms with Crippen molar-refractivity contribution in [2.24, 2.45) is 0 Å². The largest absolute Gasteiger partial charge is 0.383 e. The maximum Gasteiger partial charge on any atom is 0.0637 e. The van der Waals surface area contributed by atoms with Crippen molar-refractivity contribution in [1.82, 2.24) is 5.32 Å². The lowest BCUT2D eigenvalue weighted by Crippen LogP contribution is -2.32. The molecule has 1 rings (SSSR count). The van der Waals surface area contributed by atoms with E-state index in [1.165, 1.54) is 5.56 Å². The number of hydrogen-bond donors (Lipinski definition) is 1. The Kier molecular flexibility index (Phi) is 8.69. The summed E-state index contributed by atoms with van der Waals surface area (Å²) in [5, 5.41) is 4.20. The van der Waals surface area contributed by atoms with Gasteiger partial charge in [0.25, 0.3) is 0 Å². The third-order valence-corrected chi connectivity index (χ3v) is 3.45. The summed E-state index contributed by atoms with van der Waals surface area (Å²) in [6.45, 7) is 8.08. The summed E-state index contributed by atoms with van der Waals surface area (Å²) in [5.41, 5.74) is 2.38. The van der Waals surface area contributed by atoms with E-state index in [1.54, 1.807) is 14.2 Å². The summed E-state index contributed by atoms with van der Waals surface area (Å²) in [6.07, 6.45) is 0. The van der Waals surface area contributed by atoms with Gasteiger partial charge in [0, 0.05) is 50.6 Å². The molecule has 0 saturated heterocycles. The van der Waals surface area contributed by atoms with Gasteiger partial charge >= 0.3 is 0 Å². The van der Waals surface area contributed by atoms with Crippen LogP contribution in [0, 0.1) is 0 Å². The summed E-state index contributed by atoms with van der Waals surface area (Å²) < 4.78 is 10.4. The van der Waals surface area contributed by atoms with Gasteiger partial charge in [-0.3, -0.25) is 0 Å². The van der Waals surface area contributed by atoms with E-state index in [9.17, 15) is 0 Å². The van der Waals surface area contributed by atoms with Crippen molar-refractivity contribution in [3.63, 3.8) is 0 Å². The molecule has 0 spiro atoms. The topological polar surface area (TPSA) is 33.7 Å². The second-order valence-electron chi connectivity index (χ2n) is 5.28. The summed E-state index contributed by atoms with van der Waals surface area (Å²) >= 11 is 6.18. The monoisotopic (exact) mass is 314 g/mol. The molecule has 0 aliphatic heterocycles. The maximum atomic E-state index is 6.18. The first-order chi connectivity index (χ1) is 10.1. The molecule has 0 fully saturated rings. The second kappa shape index (κ2) is 10.0. The van der Waals surface area contributed by atoms with Crippen LogP contribution < -0.4 is 10.2 Å². The molecule has 1 N–H and O–H groups in total. The summed E-state index contributed by atoms with van der Waals surface area (Å²) in [7, 11) is 3.43. The van der Waals surface area contributed by atoms with Crippen LogP contribution in [0.2, 0.25) is 5.02 Å². The number of rotatable bonds is 10. The third kappa shape index (κ3) is 6.66. The minimum absolute atomic E-state index is 0.444. The minimum atomic E-state index is 0.444. The van der Waals surface area contributed by atoms with Crippen LogP contribution in [0.1, 0.15) is 19.4 Å². The SMILES string of the molecule is COCCN(CCOC)c1cc(Cl)ccc1CNC(C)C. The molecule has 0 heterocycles. The fourth-order valence-corrected chi connectivity index (χ4v) is 2.22. The number of halogens is 1. The quantitative estimate of drug-likeness (QED) is 0.720. The molecule has 5 heteroatoms. The van der Waals surface area contributed by atoms with Crippen molar-refractivity contribution in [3.8, 4) is 0 Å². The number of anilines is 1. The Morgan fingerprint density at radius 3 is 2.29 bits per heavy atom. The Morgan fingerprint density at radius 1 is 1.14 bits per heavy atom. The number of nitrogens with one attached hydrogen (secondary N) is 1. The zero-order valence-electron chi connectivity index (χ0n) is 13.5. The van der Waals surface area contributed by atoms with Crippen molar-refractivity contribution < 1.29 is 9.47 Å². The Hall–Kier alpha value is -0.810. The number of nitrogens with zero attached hydrogens (tertiary/aromatic N) is 1. The molecule has 0 atom stereocenters. The normalized spacial score (nSPS) is 11.1. The van der Waals surface area contributed by atoms with Crippen LogP contribution in [-0.4, -0.2) is 46.6 Å². The molecule has 1 aromatic rings. The average Bonchev–Trinajstić information content (AvgIpc) is 2.46. The van der Waals surface area contributed by atoms with Gasteiger partial charge < -0.3 is 19.7 Å². The lowest BCUT2D eigenvalue weighted by Gasteiger charge is -2.27. The van der Waals surface area contributed by atoms with E-state index in [-0.39, 0.29) is 0 Å². The Bertz CT molecular complexity index is 405. The van der Waals surface area contributed by atoms with Gasteiger partial charge in [-0.2, -0.15) is 0 Å². The van der Waals surface area contributed by atoms with Gasteiger partial charge in [0.05, 0.1) is 13.2 Å². The lowest BCUT2D eigenvalue weighted by molar-refractivity contribution is 0.190. The van der Waals surface area contributed by atoms with Gasteiger partial charge in [0.2, 0.25) is 0 Å². The molecular formula is C16H27ClN2O2.